The van der Waals surface area contributed by atoms with Crippen LogP contribution in [-0.4, -0.2) is 40.6 Å². The zero-order valence-electron chi connectivity index (χ0n) is 10.5. The Balaban J connectivity index is 2.23. The molecule has 17 heavy (non-hydrogen) atoms. The van der Waals surface area contributed by atoms with Crippen molar-refractivity contribution in [3.8, 4) is 0 Å². The van der Waals surface area contributed by atoms with E-state index in [2.05, 4.69) is 4.98 Å². The van der Waals surface area contributed by atoms with Gasteiger partial charge >= 0.3 is 0 Å². The predicted octanol–water partition coefficient (Wildman–Crippen LogP) is 1.72. The van der Waals surface area contributed by atoms with E-state index in [1.54, 1.807) is 24.5 Å². The Morgan fingerprint density at radius 1 is 1.59 bits per heavy atom. The lowest BCUT2D eigenvalue weighted by molar-refractivity contribution is -0.0756. The Morgan fingerprint density at radius 2 is 2.35 bits per heavy atom. The minimum Gasteiger partial charge on any atom is -0.374 e. The van der Waals surface area contributed by atoms with Gasteiger partial charge in [0, 0.05) is 18.9 Å². The summed E-state index contributed by atoms with van der Waals surface area (Å²) in [6, 6.07) is 3.58. The number of hydrogen-bond acceptors (Lipinski definition) is 3. The summed E-state index contributed by atoms with van der Waals surface area (Å²) >= 11 is 0. The third-order valence-corrected chi connectivity index (χ3v) is 3.05. The molecule has 2 heterocycles. The van der Waals surface area contributed by atoms with Gasteiger partial charge in [-0.3, -0.25) is 9.78 Å². The van der Waals surface area contributed by atoms with Gasteiger partial charge in [-0.25, -0.2) is 0 Å². The van der Waals surface area contributed by atoms with Crippen molar-refractivity contribution in [2.24, 2.45) is 0 Å². The molecule has 0 aromatic carbocycles. The average molecular weight is 234 g/mol. The molecule has 1 aromatic heterocycles. The van der Waals surface area contributed by atoms with E-state index in [4.69, 9.17) is 4.74 Å². The fraction of sp³-hybridized carbons (Fsp3) is 0.538. The van der Waals surface area contributed by atoms with Crippen molar-refractivity contribution < 1.29 is 9.53 Å². The van der Waals surface area contributed by atoms with Crippen LogP contribution in [0.15, 0.2) is 24.5 Å². The summed E-state index contributed by atoms with van der Waals surface area (Å²) in [5, 5.41) is 0. The number of carbonyl (C=O) groups is 1. The molecule has 1 atom stereocenters. The number of nitrogens with zero attached hydrogens (tertiary/aromatic N) is 2. The highest BCUT2D eigenvalue weighted by Gasteiger charge is 2.37. The molecule has 1 aromatic rings. The summed E-state index contributed by atoms with van der Waals surface area (Å²) in [5.41, 5.74) is 0.370. The van der Waals surface area contributed by atoms with Gasteiger partial charge in [0.1, 0.15) is 0 Å². The molecule has 1 saturated heterocycles. The molecule has 0 saturated carbocycles. The SMILES string of the molecule is C[C@@H]1CN(C(=O)c2cccnc2)C(C)(C)CO1. The lowest BCUT2D eigenvalue weighted by atomic mass is 10.00. The van der Waals surface area contributed by atoms with Gasteiger partial charge in [0.2, 0.25) is 0 Å². The van der Waals surface area contributed by atoms with E-state index in [0.29, 0.717) is 18.7 Å². The maximum Gasteiger partial charge on any atom is 0.256 e. The summed E-state index contributed by atoms with van der Waals surface area (Å²) in [6.45, 7) is 7.22. The number of rotatable bonds is 1. The Morgan fingerprint density at radius 3 is 3.00 bits per heavy atom. The molecule has 0 unspecified atom stereocenters. The Kier molecular flexibility index (Phi) is 3.15. The summed E-state index contributed by atoms with van der Waals surface area (Å²) < 4.78 is 5.60. The first kappa shape index (κ1) is 12.0. The molecule has 2 rings (SSSR count). The second-order valence-corrected chi connectivity index (χ2v) is 5.09. The van der Waals surface area contributed by atoms with Gasteiger partial charge < -0.3 is 9.64 Å². The van der Waals surface area contributed by atoms with Crippen LogP contribution < -0.4 is 0 Å². The van der Waals surface area contributed by atoms with Gasteiger partial charge in [0.05, 0.1) is 23.8 Å². The second-order valence-electron chi connectivity index (χ2n) is 5.09. The molecule has 92 valence electrons. The van der Waals surface area contributed by atoms with Crippen LogP contribution in [0, 0.1) is 0 Å². The number of hydrogen-bond donors (Lipinski definition) is 0. The molecule has 0 radical (unpaired) electrons. The van der Waals surface area contributed by atoms with Gasteiger partial charge in [0.15, 0.2) is 0 Å². The summed E-state index contributed by atoms with van der Waals surface area (Å²) in [4.78, 5) is 18.3. The number of amides is 1. The highest BCUT2D eigenvalue weighted by molar-refractivity contribution is 5.94. The molecule has 1 aliphatic heterocycles. The second kappa shape index (κ2) is 4.45. The largest absolute Gasteiger partial charge is 0.374 e. The van der Waals surface area contributed by atoms with Crippen molar-refractivity contribution in [2.75, 3.05) is 13.2 Å². The Labute approximate surface area is 102 Å². The number of aromatic nitrogens is 1. The molecule has 4 heteroatoms. The van der Waals surface area contributed by atoms with Crippen molar-refractivity contribution in [1.29, 1.82) is 0 Å². The van der Waals surface area contributed by atoms with E-state index in [1.807, 2.05) is 25.7 Å². The first-order valence-electron chi connectivity index (χ1n) is 5.84. The lowest BCUT2D eigenvalue weighted by Gasteiger charge is -2.44. The Bertz CT molecular complexity index is 403. The molecular formula is C13H18N2O2. The standard InChI is InChI=1S/C13H18N2O2/c1-10-8-15(13(2,3)9-17-10)12(16)11-5-4-6-14-7-11/h4-7,10H,8-9H2,1-3H3/t10-/m1/s1. The number of ether oxygens (including phenoxy) is 1. The van der Waals surface area contributed by atoms with E-state index in [1.165, 1.54) is 0 Å². The van der Waals surface area contributed by atoms with Gasteiger partial charge in [-0.1, -0.05) is 0 Å². The monoisotopic (exact) mass is 234 g/mol. The zero-order valence-corrected chi connectivity index (χ0v) is 10.5. The molecular weight excluding hydrogens is 216 g/mol. The van der Waals surface area contributed by atoms with Crippen LogP contribution in [0.25, 0.3) is 0 Å². The molecule has 1 fully saturated rings. The Hall–Kier alpha value is -1.42. The smallest absolute Gasteiger partial charge is 0.256 e. The molecule has 1 aliphatic rings. The predicted molar refractivity (Wildman–Crippen MR) is 64.8 cm³/mol. The quantitative estimate of drug-likeness (QED) is 0.743. The van der Waals surface area contributed by atoms with E-state index >= 15 is 0 Å². The number of pyridine rings is 1. The number of carbonyl (C=O) groups excluding carboxylic acids is 1. The van der Waals surface area contributed by atoms with Crippen molar-refractivity contribution in [3.63, 3.8) is 0 Å². The van der Waals surface area contributed by atoms with Gasteiger partial charge in [0.25, 0.3) is 5.91 Å². The van der Waals surface area contributed by atoms with Gasteiger partial charge in [-0.05, 0) is 32.9 Å². The van der Waals surface area contributed by atoms with E-state index in [-0.39, 0.29) is 17.6 Å². The molecule has 4 nitrogen and oxygen atoms in total. The number of morpholine rings is 1. The lowest BCUT2D eigenvalue weighted by Crippen LogP contribution is -2.57. The third kappa shape index (κ3) is 2.47. The maximum atomic E-state index is 12.4. The van der Waals surface area contributed by atoms with E-state index < -0.39 is 0 Å². The molecule has 0 spiro atoms. The van der Waals surface area contributed by atoms with Gasteiger partial charge in [-0.2, -0.15) is 0 Å². The topological polar surface area (TPSA) is 42.4 Å². The molecule has 0 aliphatic carbocycles. The zero-order chi connectivity index (χ0) is 12.5. The first-order chi connectivity index (χ1) is 8.00. The van der Waals surface area contributed by atoms with Crippen LogP contribution in [0.1, 0.15) is 31.1 Å². The maximum absolute atomic E-state index is 12.4. The van der Waals surface area contributed by atoms with Crippen molar-refractivity contribution in [2.45, 2.75) is 32.4 Å². The van der Waals surface area contributed by atoms with Crippen LogP contribution in [0.2, 0.25) is 0 Å². The van der Waals surface area contributed by atoms with Crippen LogP contribution in [0.3, 0.4) is 0 Å². The van der Waals surface area contributed by atoms with Crippen LogP contribution in [0.5, 0.6) is 0 Å². The van der Waals surface area contributed by atoms with Crippen LogP contribution >= 0.6 is 0 Å². The van der Waals surface area contributed by atoms with E-state index in [9.17, 15) is 4.79 Å². The summed E-state index contributed by atoms with van der Waals surface area (Å²) in [6.07, 6.45) is 3.37. The minimum atomic E-state index is -0.264. The third-order valence-electron chi connectivity index (χ3n) is 3.05. The van der Waals surface area contributed by atoms with Crippen LogP contribution in [0.4, 0.5) is 0 Å². The highest BCUT2D eigenvalue weighted by atomic mass is 16.5. The van der Waals surface area contributed by atoms with Crippen molar-refractivity contribution in [3.05, 3.63) is 30.1 Å². The van der Waals surface area contributed by atoms with Crippen molar-refractivity contribution in [1.82, 2.24) is 9.88 Å². The first-order valence-corrected chi connectivity index (χ1v) is 5.84. The average Bonchev–Trinajstić information content (AvgIpc) is 2.33. The van der Waals surface area contributed by atoms with Gasteiger partial charge in [-0.15, -0.1) is 0 Å². The normalized spacial score (nSPS) is 23.5. The fourth-order valence-corrected chi connectivity index (χ4v) is 1.98. The summed E-state index contributed by atoms with van der Waals surface area (Å²) in [5.74, 6) is 0.0262. The summed E-state index contributed by atoms with van der Waals surface area (Å²) in [7, 11) is 0. The van der Waals surface area contributed by atoms with Crippen LogP contribution in [-0.2, 0) is 4.74 Å². The molecule has 1 amide bonds. The molecule has 0 bridgehead atoms. The molecule has 0 N–H and O–H groups in total. The van der Waals surface area contributed by atoms with E-state index in [0.717, 1.165) is 0 Å². The van der Waals surface area contributed by atoms with Crippen molar-refractivity contribution >= 4 is 5.91 Å². The highest BCUT2D eigenvalue weighted by Crippen LogP contribution is 2.23. The fourth-order valence-electron chi connectivity index (χ4n) is 1.98. The minimum absolute atomic E-state index is 0.0262.